The Morgan fingerprint density at radius 2 is 2.00 bits per heavy atom. The number of hydrogen-bond donors (Lipinski definition) is 3. The number of nitrogen functional groups attached to an aromatic ring is 1. The second-order valence-corrected chi connectivity index (χ2v) is 9.61. The van der Waals surface area contributed by atoms with Crippen LogP contribution in [0.25, 0.3) is 0 Å². The highest BCUT2D eigenvalue weighted by atomic mass is 32.1. The first-order chi connectivity index (χ1) is 17.2. The van der Waals surface area contributed by atoms with Gasteiger partial charge in [-0.05, 0) is 74.5 Å². The molecule has 0 saturated carbocycles. The van der Waals surface area contributed by atoms with Gasteiger partial charge in [-0.2, -0.15) is 4.37 Å². The van der Waals surface area contributed by atoms with E-state index in [1.54, 1.807) is 19.1 Å². The van der Waals surface area contributed by atoms with Crippen molar-refractivity contribution in [2.75, 3.05) is 23.8 Å². The molecule has 1 aliphatic rings. The number of amides is 3. The highest BCUT2D eigenvalue weighted by Crippen LogP contribution is 2.36. The number of nitrogens with two attached hydrogens (primary N) is 2. The van der Waals surface area contributed by atoms with Crippen molar-refractivity contribution in [1.29, 1.82) is 0 Å². The van der Waals surface area contributed by atoms with Gasteiger partial charge >= 0.3 is 0 Å². The molecule has 3 aromatic rings. The molecule has 0 bridgehead atoms. The summed E-state index contributed by atoms with van der Waals surface area (Å²) < 4.78 is 15.5. The van der Waals surface area contributed by atoms with E-state index in [1.165, 1.54) is 4.90 Å². The summed E-state index contributed by atoms with van der Waals surface area (Å²) in [6, 6.07) is 7.83. The molecule has 10 nitrogen and oxygen atoms in total. The Labute approximate surface area is 212 Å². The van der Waals surface area contributed by atoms with E-state index >= 15 is 0 Å². The molecule has 2 atom stereocenters. The minimum Gasteiger partial charge on any atom is -0.464 e. The van der Waals surface area contributed by atoms with Gasteiger partial charge in [-0.25, -0.2) is 0 Å². The van der Waals surface area contributed by atoms with Gasteiger partial charge in [0.25, 0.3) is 17.7 Å². The monoisotopic (exact) mass is 511 g/mol. The Morgan fingerprint density at radius 3 is 2.61 bits per heavy atom. The molecular formula is C25H29N5O5S. The maximum Gasteiger partial charge on any atom is 0.273 e. The summed E-state index contributed by atoms with van der Waals surface area (Å²) in [5.41, 5.74) is 13.3. The standard InChI is InChI=1S/C25H29N5O5S/c1-13-6-7-14(2)17(11-13)30(25(33)22-19(26)20(23(27)31)29-36-22)21(18-9-8-15(3)35-18)24(32)28-12-16-5-4-10-34-16/h6-9,11,16,21H,4-5,10,12,26H2,1-3H3,(H2,27,31)(H,28,32)/t16-,21+/m0/s1. The van der Waals surface area contributed by atoms with E-state index in [0.29, 0.717) is 24.6 Å². The van der Waals surface area contributed by atoms with E-state index in [2.05, 4.69) is 9.69 Å². The fourth-order valence-corrected chi connectivity index (χ4v) is 4.92. The lowest BCUT2D eigenvalue weighted by atomic mass is 10.0. The first-order valence-electron chi connectivity index (χ1n) is 11.6. The van der Waals surface area contributed by atoms with Crippen molar-refractivity contribution in [1.82, 2.24) is 9.69 Å². The summed E-state index contributed by atoms with van der Waals surface area (Å²) in [6.07, 6.45) is 1.69. The van der Waals surface area contributed by atoms with E-state index < -0.39 is 23.8 Å². The van der Waals surface area contributed by atoms with E-state index in [-0.39, 0.29) is 28.1 Å². The van der Waals surface area contributed by atoms with Crippen LogP contribution in [-0.4, -0.2) is 41.4 Å². The normalized spacial score (nSPS) is 16.0. The Morgan fingerprint density at radius 1 is 1.22 bits per heavy atom. The first-order valence-corrected chi connectivity index (χ1v) is 12.4. The molecule has 0 spiro atoms. The van der Waals surface area contributed by atoms with Crippen molar-refractivity contribution < 1.29 is 23.5 Å². The smallest absolute Gasteiger partial charge is 0.273 e. The van der Waals surface area contributed by atoms with Crippen molar-refractivity contribution in [3.05, 3.63) is 63.6 Å². The zero-order valence-electron chi connectivity index (χ0n) is 20.4. The molecule has 5 N–H and O–H groups in total. The second-order valence-electron chi connectivity index (χ2n) is 8.83. The Hall–Kier alpha value is -3.70. The highest BCUT2D eigenvalue weighted by molar-refractivity contribution is 7.09. The summed E-state index contributed by atoms with van der Waals surface area (Å²) in [5, 5.41) is 2.93. The minimum absolute atomic E-state index is 0.00455. The third-order valence-electron chi connectivity index (χ3n) is 6.06. The number of anilines is 2. The topological polar surface area (TPSA) is 154 Å². The summed E-state index contributed by atoms with van der Waals surface area (Å²) in [5.74, 6) is -1.01. The molecule has 1 saturated heterocycles. The van der Waals surface area contributed by atoms with Gasteiger partial charge in [-0.15, -0.1) is 0 Å². The zero-order valence-corrected chi connectivity index (χ0v) is 21.2. The second kappa shape index (κ2) is 10.5. The first kappa shape index (κ1) is 25.4. The van der Waals surface area contributed by atoms with Crippen LogP contribution in [0.2, 0.25) is 0 Å². The molecule has 190 valence electrons. The van der Waals surface area contributed by atoms with Crippen molar-refractivity contribution >= 4 is 40.6 Å². The number of carbonyl (C=O) groups excluding carboxylic acids is 3. The van der Waals surface area contributed by atoms with E-state index in [1.807, 2.05) is 32.0 Å². The molecule has 3 amide bonds. The summed E-state index contributed by atoms with van der Waals surface area (Å²) >= 11 is 0.760. The van der Waals surface area contributed by atoms with Crippen LogP contribution in [0.4, 0.5) is 11.4 Å². The summed E-state index contributed by atoms with van der Waals surface area (Å²) in [7, 11) is 0. The third kappa shape index (κ3) is 5.12. The summed E-state index contributed by atoms with van der Waals surface area (Å²) in [4.78, 5) is 40.9. The zero-order chi connectivity index (χ0) is 26.0. The average Bonchev–Trinajstić information content (AvgIpc) is 3.58. The number of primary amides is 1. The molecule has 11 heteroatoms. The lowest BCUT2D eigenvalue weighted by Crippen LogP contribution is -2.45. The van der Waals surface area contributed by atoms with Crippen LogP contribution in [-0.2, 0) is 9.53 Å². The molecule has 0 radical (unpaired) electrons. The van der Waals surface area contributed by atoms with E-state index in [9.17, 15) is 14.4 Å². The van der Waals surface area contributed by atoms with Gasteiger partial charge in [0.05, 0.1) is 11.8 Å². The number of furan rings is 1. The van der Waals surface area contributed by atoms with Crippen molar-refractivity contribution in [2.24, 2.45) is 5.73 Å². The van der Waals surface area contributed by atoms with E-state index in [4.69, 9.17) is 20.6 Å². The lowest BCUT2D eigenvalue weighted by molar-refractivity contribution is -0.123. The largest absolute Gasteiger partial charge is 0.464 e. The molecular weight excluding hydrogens is 482 g/mol. The lowest BCUT2D eigenvalue weighted by Gasteiger charge is -2.31. The van der Waals surface area contributed by atoms with Gasteiger partial charge in [0.2, 0.25) is 0 Å². The fraction of sp³-hybridized carbons (Fsp3) is 0.360. The predicted octanol–water partition coefficient (Wildman–Crippen LogP) is 3.03. The quantitative estimate of drug-likeness (QED) is 0.420. The maximum atomic E-state index is 14.1. The SMILES string of the molecule is Cc1ccc(C)c(N(C(=O)c2snc(C(N)=O)c2N)[C@@H](C(=O)NC[C@@H]2CCCO2)c2ccc(C)o2)c1. The fourth-order valence-electron chi connectivity index (χ4n) is 4.17. The molecule has 36 heavy (non-hydrogen) atoms. The number of aryl methyl sites for hydroxylation is 3. The van der Waals surface area contributed by atoms with Crippen molar-refractivity contribution in [3.8, 4) is 0 Å². The Bertz CT molecular complexity index is 1290. The number of hydrogen-bond acceptors (Lipinski definition) is 8. The van der Waals surface area contributed by atoms with Crippen LogP contribution in [0.5, 0.6) is 0 Å². The summed E-state index contributed by atoms with van der Waals surface area (Å²) in [6.45, 7) is 6.45. The Kier molecular flexibility index (Phi) is 7.41. The number of carbonyl (C=O) groups is 3. The third-order valence-corrected chi connectivity index (χ3v) is 6.91. The Balaban J connectivity index is 1.83. The minimum atomic E-state index is -1.16. The van der Waals surface area contributed by atoms with Crippen LogP contribution in [0, 0.1) is 20.8 Å². The van der Waals surface area contributed by atoms with Gasteiger partial charge < -0.3 is 25.9 Å². The van der Waals surface area contributed by atoms with Gasteiger partial charge in [-0.1, -0.05) is 12.1 Å². The van der Waals surface area contributed by atoms with Crippen molar-refractivity contribution in [3.63, 3.8) is 0 Å². The van der Waals surface area contributed by atoms with Crippen molar-refractivity contribution in [2.45, 2.75) is 45.8 Å². The van der Waals surface area contributed by atoms with Gasteiger partial charge in [0.1, 0.15) is 16.4 Å². The molecule has 0 unspecified atom stereocenters. The predicted molar refractivity (Wildman–Crippen MR) is 136 cm³/mol. The molecule has 2 aromatic heterocycles. The van der Waals surface area contributed by atoms with E-state index in [0.717, 1.165) is 35.5 Å². The highest BCUT2D eigenvalue weighted by Gasteiger charge is 2.38. The maximum absolute atomic E-state index is 14.1. The number of nitrogens with one attached hydrogen (secondary N) is 1. The van der Waals surface area contributed by atoms with Crippen LogP contribution >= 0.6 is 11.5 Å². The molecule has 1 aromatic carbocycles. The molecule has 1 fully saturated rings. The number of nitrogens with zero attached hydrogens (tertiary/aromatic N) is 2. The van der Waals surface area contributed by atoms with Gasteiger partial charge in [0.15, 0.2) is 11.7 Å². The van der Waals surface area contributed by atoms with Crippen LogP contribution < -0.4 is 21.7 Å². The van der Waals surface area contributed by atoms with Gasteiger partial charge in [0, 0.05) is 18.8 Å². The number of ether oxygens (including phenoxy) is 1. The molecule has 4 rings (SSSR count). The van der Waals surface area contributed by atoms with Crippen LogP contribution in [0.3, 0.4) is 0 Å². The average molecular weight is 512 g/mol. The number of rotatable bonds is 8. The molecule has 0 aliphatic carbocycles. The number of benzene rings is 1. The van der Waals surface area contributed by atoms with Crippen LogP contribution in [0.1, 0.15) is 61.7 Å². The molecule has 3 heterocycles. The van der Waals surface area contributed by atoms with Gasteiger partial charge in [-0.3, -0.25) is 19.3 Å². The van der Waals surface area contributed by atoms with Crippen LogP contribution in [0.15, 0.2) is 34.7 Å². The molecule has 1 aliphatic heterocycles. The number of aromatic nitrogens is 1.